The summed E-state index contributed by atoms with van der Waals surface area (Å²) in [4.78, 5) is 14.8. The highest BCUT2D eigenvalue weighted by atomic mass is 16.2. The molecule has 3 heteroatoms. The fourth-order valence-electron chi connectivity index (χ4n) is 3.47. The third kappa shape index (κ3) is 3.68. The van der Waals surface area contributed by atoms with Crippen LogP contribution >= 0.6 is 0 Å². The van der Waals surface area contributed by atoms with Crippen molar-refractivity contribution in [1.82, 2.24) is 4.90 Å². The van der Waals surface area contributed by atoms with E-state index in [1.807, 2.05) is 0 Å². The van der Waals surface area contributed by atoms with E-state index in [9.17, 15) is 4.79 Å². The van der Waals surface area contributed by atoms with Gasteiger partial charge in [-0.15, -0.1) is 0 Å². The maximum Gasteiger partial charge on any atom is 0.238 e. The summed E-state index contributed by atoms with van der Waals surface area (Å²) < 4.78 is 0. The van der Waals surface area contributed by atoms with Crippen LogP contribution in [0.4, 0.5) is 5.69 Å². The lowest BCUT2D eigenvalue weighted by Crippen LogP contribution is -2.37. The summed E-state index contributed by atoms with van der Waals surface area (Å²) in [6.45, 7) is 6.52. The van der Waals surface area contributed by atoms with E-state index in [-0.39, 0.29) is 5.91 Å². The van der Waals surface area contributed by atoms with E-state index in [0.717, 1.165) is 38.0 Å². The second kappa shape index (κ2) is 7.63. The van der Waals surface area contributed by atoms with Gasteiger partial charge in [0.05, 0.1) is 6.54 Å². The number of nitrogens with zero attached hydrogens (tertiary/aromatic N) is 1. The van der Waals surface area contributed by atoms with Gasteiger partial charge in [-0.2, -0.15) is 0 Å². The topological polar surface area (TPSA) is 32.3 Å². The van der Waals surface area contributed by atoms with Crippen molar-refractivity contribution in [3.05, 3.63) is 64.7 Å². The molecule has 1 aliphatic rings. The van der Waals surface area contributed by atoms with E-state index >= 15 is 0 Å². The number of nitrogens with one attached hydrogen (secondary N) is 1. The molecule has 24 heavy (non-hydrogen) atoms. The lowest BCUT2D eigenvalue weighted by Gasteiger charge is -2.28. The van der Waals surface area contributed by atoms with Crippen LogP contribution in [0.25, 0.3) is 0 Å². The lowest BCUT2D eigenvalue weighted by molar-refractivity contribution is -0.117. The van der Waals surface area contributed by atoms with Gasteiger partial charge in [-0.1, -0.05) is 56.3 Å². The molecule has 2 aromatic rings. The Morgan fingerprint density at radius 2 is 1.67 bits per heavy atom. The molecule has 126 valence electrons. The van der Waals surface area contributed by atoms with Crippen molar-refractivity contribution in [3.63, 3.8) is 0 Å². The number of aryl methyl sites for hydroxylation is 2. The van der Waals surface area contributed by atoms with Crippen molar-refractivity contribution in [2.24, 2.45) is 0 Å². The normalized spacial score (nSPS) is 14.2. The van der Waals surface area contributed by atoms with Gasteiger partial charge < -0.3 is 5.32 Å². The van der Waals surface area contributed by atoms with Gasteiger partial charge in [0.15, 0.2) is 0 Å². The highest BCUT2D eigenvalue weighted by Crippen LogP contribution is 2.23. The molecule has 1 aliphatic heterocycles. The first-order valence-electron chi connectivity index (χ1n) is 8.91. The van der Waals surface area contributed by atoms with E-state index in [1.165, 1.54) is 22.3 Å². The molecule has 3 rings (SSSR count). The summed E-state index contributed by atoms with van der Waals surface area (Å²) in [6.07, 6.45) is 2.89. The number of fused-ring (bicyclic) bond motifs is 1. The molecule has 0 spiro atoms. The first kappa shape index (κ1) is 16.7. The van der Waals surface area contributed by atoms with Crippen LogP contribution in [0.2, 0.25) is 0 Å². The van der Waals surface area contributed by atoms with Crippen LogP contribution < -0.4 is 5.32 Å². The lowest BCUT2D eigenvalue weighted by atomic mass is 10.00. The molecular weight excluding hydrogens is 296 g/mol. The van der Waals surface area contributed by atoms with Gasteiger partial charge in [-0.05, 0) is 41.5 Å². The van der Waals surface area contributed by atoms with Gasteiger partial charge in [-0.3, -0.25) is 9.69 Å². The fourth-order valence-corrected chi connectivity index (χ4v) is 3.47. The van der Waals surface area contributed by atoms with Crippen LogP contribution in [0.1, 0.15) is 36.1 Å². The molecule has 0 aromatic heterocycles. The van der Waals surface area contributed by atoms with Crippen molar-refractivity contribution in [2.75, 3.05) is 18.4 Å². The molecular formula is C21H26N2O. The quantitative estimate of drug-likeness (QED) is 0.908. The SMILES string of the molecule is CCc1cccc(CC)c1NC(=O)CN1CCc2ccccc2C1. The third-order valence-corrected chi connectivity index (χ3v) is 4.84. The molecule has 0 fully saturated rings. The van der Waals surface area contributed by atoms with Crippen LogP contribution in [-0.2, 0) is 30.6 Å². The van der Waals surface area contributed by atoms with Crippen molar-refractivity contribution < 1.29 is 4.79 Å². The molecule has 2 aromatic carbocycles. The first-order chi connectivity index (χ1) is 11.7. The van der Waals surface area contributed by atoms with E-state index in [0.29, 0.717) is 6.54 Å². The Kier molecular flexibility index (Phi) is 5.31. The first-order valence-corrected chi connectivity index (χ1v) is 8.91. The van der Waals surface area contributed by atoms with Crippen LogP contribution in [0.5, 0.6) is 0 Å². The zero-order valence-corrected chi connectivity index (χ0v) is 14.6. The molecule has 1 amide bonds. The zero-order chi connectivity index (χ0) is 16.9. The monoisotopic (exact) mass is 322 g/mol. The Labute approximate surface area is 144 Å². The summed E-state index contributed by atoms with van der Waals surface area (Å²) in [5, 5.41) is 3.17. The number of amides is 1. The van der Waals surface area contributed by atoms with Crippen molar-refractivity contribution >= 4 is 11.6 Å². The summed E-state index contributed by atoms with van der Waals surface area (Å²) in [6, 6.07) is 14.8. The number of carbonyl (C=O) groups excluding carboxylic acids is 1. The standard InChI is InChI=1S/C21H26N2O/c1-3-16-10-7-11-17(4-2)21(16)22-20(24)15-23-13-12-18-8-5-6-9-19(18)14-23/h5-11H,3-4,12-15H2,1-2H3,(H,22,24). The number of hydrogen-bond acceptors (Lipinski definition) is 2. The van der Waals surface area contributed by atoms with Crippen LogP contribution in [0, 0.1) is 0 Å². The minimum absolute atomic E-state index is 0.0879. The average Bonchev–Trinajstić information content (AvgIpc) is 2.61. The maximum atomic E-state index is 12.6. The van der Waals surface area contributed by atoms with E-state index in [2.05, 4.69) is 66.5 Å². The molecule has 0 saturated carbocycles. The minimum atomic E-state index is 0.0879. The Balaban J connectivity index is 1.67. The van der Waals surface area contributed by atoms with E-state index in [4.69, 9.17) is 0 Å². The second-order valence-electron chi connectivity index (χ2n) is 6.44. The molecule has 1 N–H and O–H groups in total. The third-order valence-electron chi connectivity index (χ3n) is 4.84. The fraction of sp³-hybridized carbons (Fsp3) is 0.381. The Bertz CT molecular complexity index is 701. The number of carbonyl (C=O) groups is 1. The number of anilines is 1. The summed E-state index contributed by atoms with van der Waals surface area (Å²) in [7, 11) is 0. The maximum absolute atomic E-state index is 12.6. The largest absolute Gasteiger partial charge is 0.324 e. The van der Waals surface area contributed by atoms with Crippen LogP contribution in [-0.4, -0.2) is 23.9 Å². The van der Waals surface area contributed by atoms with Crippen molar-refractivity contribution in [2.45, 2.75) is 39.7 Å². The summed E-state index contributed by atoms with van der Waals surface area (Å²) in [5.41, 5.74) is 6.21. The molecule has 0 atom stereocenters. The number of benzene rings is 2. The van der Waals surface area contributed by atoms with Gasteiger partial charge in [0, 0.05) is 18.8 Å². The van der Waals surface area contributed by atoms with Gasteiger partial charge in [0.1, 0.15) is 0 Å². The van der Waals surface area contributed by atoms with E-state index in [1.54, 1.807) is 0 Å². The number of rotatable bonds is 5. The minimum Gasteiger partial charge on any atom is -0.324 e. The van der Waals surface area contributed by atoms with Crippen molar-refractivity contribution in [1.29, 1.82) is 0 Å². The van der Waals surface area contributed by atoms with Gasteiger partial charge in [-0.25, -0.2) is 0 Å². The zero-order valence-electron chi connectivity index (χ0n) is 14.6. The van der Waals surface area contributed by atoms with Gasteiger partial charge in [0.2, 0.25) is 5.91 Å². The van der Waals surface area contributed by atoms with Crippen LogP contribution in [0.15, 0.2) is 42.5 Å². The molecule has 3 nitrogen and oxygen atoms in total. The van der Waals surface area contributed by atoms with Crippen molar-refractivity contribution in [3.8, 4) is 0 Å². The smallest absolute Gasteiger partial charge is 0.238 e. The second-order valence-corrected chi connectivity index (χ2v) is 6.44. The van der Waals surface area contributed by atoms with Gasteiger partial charge >= 0.3 is 0 Å². The number of hydrogen-bond donors (Lipinski definition) is 1. The average molecular weight is 322 g/mol. The Hall–Kier alpha value is -2.13. The summed E-state index contributed by atoms with van der Waals surface area (Å²) >= 11 is 0. The highest BCUT2D eigenvalue weighted by Gasteiger charge is 2.19. The van der Waals surface area contributed by atoms with E-state index < -0.39 is 0 Å². The van der Waals surface area contributed by atoms with Crippen LogP contribution in [0.3, 0.4) is 0 Å². The molecule has 0 saturated heterocycles. The predicted octanol–water partition coefficient (Wildman–Crippen LogP) is 3.81. The molecule has 0 aliphatic carbocycles. The predicted molar refractivity (Wildman–Crippen MR) is 99.3 cm³/mol. The molecule has 0 bridgehead atoms. The number of para-hydroxylation sites is 1. The molecule has 1 heterocycles. The Morgan fingerprint density at radius 3 is 2.33 bits per heavy atom. The molecule has 0 radical (unpaired) electrons. The highest BCUT2D eigenvalue weighted by molar-refractivity contribution is 5.93. The van der Waals surface area contributed by atoms with Gasteiger partial charge in [0.25, 0.3) is 0 Å². The molecule has 0 unspecified atom stereocenters. The summed E-state index contributed by atoms with van der Waals surface area (Å²) in [5.74, 6) is 0.0879. The Morgan fingerprint density at radius 1 is 1.00 bits per heavy atom.